The number of hydrogen-bond donors (Lipinski definition) is 0. The normalized spacial score (nSPS) is 12.2. The number of furan rings is 1. The third-order valence-corrected chi connectivity index (χ3v) is 10.3. The van der Waals surface area contributed by atoms with Gasteiger partial charge in [0.1, 0.15) is 11.2 Å². The largest absolute Gasteiger partial charge is 0.456 e. The first-order chi connectivity index (χ1) is 23.8. The Morgan fingerprint density at radius 3 is 1.88 bits per heavy atom. The number of benzene rings is 8. The molecule has 0 unspecified atom stereocenters. The van der Waals surface area contributed by atoms with Crippen LogP contribution < -0.4 is 0 Å². The molecule has 0 amide bonds. The van der Waals surface area contributed by atoms with Gasteiger partial charge in [-0.15, -0.1) is 0 Å². The Balaban J connectivity index is 1.03. The minimum atomic E-state index is 0.920. The van der Waals surface area contributed by atoms with E-state index in [0.717, 1.165) is 27.6 Å². The molecule has 0 bridgehead atoms. The third-order valence-electron chi connectivity index (χ3n) is 10.3. The Kier molecular flexibility index (Phi) is 5.14. The molecule has 0 fully saturated rings. The van der Waals surface area contributed by atoms with Crippen molar-refractivity contribution in [3.05, 3.63) is 164 Å². The van der Waals surface area contributed by atoms with Crippen LogP contribution >= 0.6 is 0 Å². The van der Waals surface area contributed by atoms with E-state index in [4.69, 9.17) is 4.42 Å². The zero-order chi connectivity index (χ0) is 31.3. The molecular formula is C46H27NO. The standard InChI is InChI=1S/C46H27NO/c1-2-10-35-34(9-1)38-13-7-8-31-24-32(27-41(35)46(31)38)28-16-20-33(21-17-28)47-42-14-5-3-11-36(42)39-25-29(18-22-43(39)47)30-19-23-45-40(26-30)37-12-4-6-15-44(37)48-45/h1-27H. The molecule has 2 heteroatoms. The highest BCUT2D eigenvalue weighted by Crippen LogP contribution is 2.48. The van der Waals surface area contributed by atoms with Crippen molar-refractivity contribution in [2.45, 2.75) is 0 Å². The summed E-state index contributed by atoms with van der Waals surface area (Å²) in [5, 5.41) is 7.45. The molecule has 222 valence electrons. The van der Waals surface area contributed by atoms with Crippen molar-refractivity contribution in [3.63, 3.8) is 0 Å². The van der Waals surface area contributed by atoms with Gasteiger partial charge >= 0.3 is 0 Å². The van der Waals surface area contributed by atoms with E-state index >= 15 is 0 Å². The minimum Gasteiger partial charge on any atom is -0.456 e. The van der Waals surface area contributed by atoms with Gasteiger partial charge in [0.25, 0.3) is 0 Å². The molecule has 1 aliphatic carbocycles. The van der Waals surface area contributed by atoms with Gasteiger partial charge in [-0.3, -0.25) is 0 Å². The molecule has 2 nitrogen and oxygen atoms in total. The lowest BCUT2D eigenvalue weighted by Gasteiger charge is -2.11. The van der Waals surface area contributed by atoms with Gasteiger partial charge in [0.05, 0.1) is 11.0 Å². The van der Waals surface area contributed by atoms with Crippen LogP contribution in [0.4, 0.5) is 0 Å². The maximum absolute atomic E-state index is 6.10. The van der Waals surface area contributed by atoms with Crippen molar-refractivity contribution in [3.8, 4) is 50.2 Å². The first kappa shape index (κ1) is 25.8. The van der Waals surface area contributed by atoms with Crippen molar-refractivity contribution >= 4 is 54.5 Å². The summed E-state index contributed by atoms with van der Waals surface area (Å²) in [4.78, 5) is 0. The van der Waals surface area contributed by atoms with Crippen LogP contribution in [0, 0.1) is 0 Å². The Morgan fingerprint density at radius 1 is 0.354 bits per heavy atom. The summed E-state index contributed by atoms with van der Waals surface area (Å²) in [6, 6.07) is 59.6. The van der Waals surface area contributed by atoms with Gasteiger partial charge in [-0.1, -0.05) is 103 Å². The zero-order valence-corrected chi connectivity index (χ0v) is 25.9. The molecule has 1 aliphatic rings. The van der Waals surface area contributed by atoms with Crippen LogP contribution in [-0.2, 0) is 0 Å². The molecule has 0 radical (unpaired) electrons. The fraction of sp³-hybridized carbons (Fsp3) is 0. The molecule has 11 rings (SSSR count). The van der Waals surface area contributed by atoms with Gasteiger partial charge in [0.15, 0.2) is 0 Å². The summed E-state index contributed by atoms with van der Waals surface area (Å²) in [6.07, 6.45) is 0. The highest BCUT2D eigenvalue weighted by atomic mass is 16.3. The molecule has 2 heterocycles. The van der Waals surface area contributed by atoms with Gasteiger partial charge in [0, 0.05) is 27.2 Å². The van der Waals surface area contributed by atoms with Crippen LogP contribution in [0.5, 0.6) is 0 Å². The monoisotopic (exact) mass is 609 g/mol. The number of nitrogens with zero attached hydrogens (tertiary/aromatic N) is 1. The number of para-hydroxylation sites is 2. The number of hydrogen-bond acceptors (Lipinski definition) is 1. The molecule has 0 spiro atoms. The third kappa shape index (κ3) is 3.57. The first-order valence-electron chi connectivity index (χ1n) is 16.5. The van der Waals surface area contributed by atoms with Gasteiger partial charge in [0.2, 0.25) is 0 Å². The van der Waals surface area contributed by atoms with E-state index in [1.54, 1.807) is 0 Å². The van der Waals surface area contributed by atoms with Crippen LogP contribution in [0.2, 0.25) is 0 Å². The second-order valence-corrected chi connectivity index (χ2v) is 12.9. The maximum Gasteiger partial charge on any atom is 0.135 e. The zero-order valence-electron chi connectivity index (χ0n) is 25.9. The maximum atomic E-state index is 6.10. The molecular weight excluding hydrogens is 583 g/mol. The summed E-state index contributed by atoms with van der Waals surface area (Å²) in [5.74, 6) is 0. The molecule has 8 aromatic carbocycles. The van der Waals surface area contributed by atoms with Crippen molar-refractivity contribution in [2.24, 2.45) is 0 Å². The van der Waals surface area contributed by atoms with Gasteiger partial charge < -0.3 is 8.98 Å². The van der Waals surface area contributed by atoms with Gasteiger partial charge in [-0.05, 0) is 116 Å². The number of aromatic nitrogens is 1. The lowest BCUT2D eigenvalue weighted by atomic mass is 9.96. The molecule has 0 aliphatic heterocycles. The molecule has 0 saturated heterocycles. The molecule has 48 heavy (non-hydrogen) atoms. The van der Waals surface area contributed by atoms with Crippen LogP contribution in [-0.4, -0.2) is 4.57 Å². The van der Waals surface area contributed by atoms with E-state index in [9.17, 15) is 0 Å². The lowest BCUT2D eigenvalue weighted by Crippen LogP contribution is -1.93. The first-order valence-corrected chi connectivity index (χ1v) is 16.5. The van der Waals surface area contributed by atoms with Crippen LogP contribution in [0.25, 0.3) is 105 Å². The van der Waals surface area contributed by atoms with E-state index in [-0.39, 0.29) is 0 Å². The summed E-state index contributed by atoms with van der Waals surface area (Å²) in [7, 11) is 0. The molecule has 0 atom stereocenters. The Bertz CT molecular complexity index is 2940. The SMILES string of the molecule is c1ccc2c(c1)-c1cccc3cc(-c4ccc(-n5c6ccccc6c6cc(-c7ccc8oc9ccccc9c8c7)ccc65)cc4)cc-2c13. The van der Waals surface area contributed by atoms with E-state index in [1.807, 2.05) is 12.1 Å². The summed E-state index contributed by atoms with van der Waals surface area (Å²) in [5.41, 5.74) is 15.6. The quantitative estimate of drug-likeness (QED) is 0.195. The van der Waals surface area contributed by atoms with Crippen LogP contribution in [0.1, 0.15) is 0 Å². The van der Waals surface area contributed by atoms with Crippen LogP contribution in [0.3, 0.4) is 0 Å². The second kappa shape index (κ2) is 9.57. The average Bonchev–Trinajstić information content (AvgIpc) is 3.80. The van der Waals surface area contributed by atoms with Crippen molar-refractivity contribution in [1.29, 1.82) is 0 Å². The summed E-state index contributed by atoms with van der Waals surface area (Å²) >= 11 is 0. The molecule has 10 aromatic rings. The lowest BCUT2D eigenvalue weighted by molar-refractivity contribution is 0.669. The predicted molar refractivity (Wildman–Crippen MR) is 201 cm³/mol. The topological polar surface area (TPSA) is 18.1 Å². The fourth-order valence-corrected chi connectivity index (χ4v) is 8.12. The smallest absolute Gasteiger partial charge is 0.135 e. The van der Waals surface area contributed by atoms with Gasteiger partial charge in [-0.25, -0.2) is 0 Å². The fourth-order valence-electron chi connectivity index (χ4n) is 8.12. The summed E-state index contributed by atoms with van der Waals surface area (Å²) < 4.78 is 8.50. The average molecular weight is 610 g/mol. The second-order valence-electron chi connectivity index (χ2n) is 12.9. The van der Waals surface area contributed by atoms with Crippen LogP contribution in [0.15, 0.2) is 168 Å². The highest BCUT2D eigenvalue weighted by Gasteiger charge is 2.22. The Morgan fingerprint density at radius 2 is 1.00 bits per heavy atom. The van der Waals surface area contributed by atoms with E-state index in [2.05, 4.69) is 156 Å². The minimum absolute atomic E-state index is 0.920. The van der Waals surface area contributed by atoms with Crippen molar-refractivity contribution in [2.75, 3.05) is 0 Å². The Labute approximate surface area is 276 Å². The number of rotatable bonds is 3. The Hall–Kier alpha value is -6.38. The van der Waals surface area contributed by atoms with Crippen molar-refractivity contribution < 1.29 is 4.42 Å². The van der Waals surface area contributed by atoms with E-state index in [0.29, 0.717) is 0 Å². The van der Waals surface area contributed by atoms with Gasteiger partial charge in [-0.2, -0.15) is 0 Å². The number of fused-ring (bicyclic) bond motifs is 9. The predicted octanol–water partition coefficient (Wildman–Crippen LogP) is 12.8. The van der Waals surface area contributed by atoms with Crippen molar-refractivity contribution in [1.82, 2.24) is 4.57 Å². The molecule has 2 aromatic heterocycles. The summed E-state index contributed by atoms with van der Waals surface area (Å²) in [6.45, 7) is 0. The highest BCUT2D eigenvalue weighted by molar-refractivity contribution is 6.16. The molecule has 0 N–H and O–H groups in total. The molecule has 0 saturated carbocycles. The van der Waals surface area contributed by atoms with E-state index < -0.39 is 0 Å². The van der Waals surface area contributed by atoms with E-state index in [1.165, 1.54) is 77.1 Å².